The Kier molecular flexibility index (Phi) is 5.94. The van der Waals surface area contributed by atoms with Gasteiger partial charge in [-0.1, -0.05) is 19.9 Å². The van der Waals surface area contributed by atoms with Crippen molar-refractivity contribution in [2.24, 2.45) is 5.92 Å². The number of aromatic nitrogens is 3. The van der Waals surface area contributed by atoms with E-state index in [1.165, 1.54) is 0 Å². The number of carbonyl (C=O) groups is 1. The molecule has 1 amide bonds. The van der Waals surface area contributed by atoms with E-state index >= 15 is 0 Å². The van der Waals surface area contributed by atoms with Crippen LogP contribution in [0.4, 0.5) is 19.0 Å². The number of piperidine rings is 1. The van der Waals surface area contributed by atoms with Crippen LogP contribution in [-0.4, -0.2) is 44.3 Å². The van der Waals surface area contributed by atoms with E-state index in [-0.39, 0.29) is 36.8 Å². The van der Waals surface area contributed by atoms with E-state index in [9.17, 15) is 18.0 Å². The Labute approximate surface area is 179 Å². The number of amides is 1. The van der Waals surface area contributed by atoms with Gasteiger partial charge < -0.3 is 10.2 Å². The Morgan fingerprint density at radius 3 is 2.77 bits per heavy atom. The smallest absolute Gasteiger partial charge is 0.367 e. The van der Waals surface area contributed by atoms with E-state index in [0.717, 1.165) is 17.5 Å². The lowest BCUT2D eigenvalue weighted by Gasteiger charge is -2.35. The van der Waals surface area contributed by atoms with Gasteiger partial charge in [-0.2, -0.15) is 18.3 Å². The van der Waals surface area contributed by atoms with Gasteiger partial charge >= 0.3 is 6.18 Å². The van der Waals surface area contributed by atoms with Crippen molar-refractivity contribution < 1.29 is 18.0 Å². The van der Waals surface area contributed by atoms with Crippen LogP contribution in [0, 0.1) is 5.92 Å². The molecular formula is C22H28F3N5O. The van der Waals surface area contributed by atoms with Crippen molar-refractivity contribution >= 4 is 11.7 Å². The summed E-state index contributed by atoms with van der Waals surface area (Å²) in [6, 6.07) is 4.86. The molecule has 2 aliphatic heterocycles. The molecule has 4 heterocycles. The molecule has 9 heteroatoms. The Morgan fingerprint density at radius 2 is 2.10 bits per heavy atom. The summed E-state index contributed by atoms with van der Waals surface area (Å²) in [5, 5.41) is 7.61. The minimum absolute atomic E-state index is 0.0533. The molecule has 2 aromatic rings. The van der Waals surface area contributed by atoms with Crippen LogP contribution in [0.3, 0.4) is 0 Å². The van der Waals surface area contributed by atoms with Crippen molar-refractivity contribution in [3.63, 3.8) is 0 Å². The third kappa shape index (κ3) is 4.55. The van der Waals surface area contributed by atoms with E-state index in [1.807, 2.05) is 19.9 Å². The highest BCUT2D eigenvalue weighted by molar-refractivity contribution is 5.79. The zero-order valence-corrected chi connectivity index (χ0v) is 17.8. The highest BCUT2D eigenvalue weighted by Gasteiger charge is 2.47. The first-order valence-corrected chi connectivity index (χ1v) is 10.9. The van der Waals surface area contributed by atoms with Gasteiger partial charge in [0, 0.05) is 30.5 Å². The molecule has 0 saturated carbocycles. The van der Waals surface area contributed by atoms with Crippen molar-refractivity contribution in [2.45, 2.75) is 70.3 Å². The second-order valence-corrected chi connectivity index (χ2v) is 8.78. The van der Waals surface area contributed by atoms with E-state index in [2.05, 4.69) is 15.4 Å². The molecular weight excluding hydrogens is 407 g/mol. The van der Waals surface area contributed by atoms with Gasteiger partial charge in [-0.3, -0.25) is 9.78 Å². The van der Waals surface area contributed by atoms with Gasteiger partial charge in [0.25, 0.3) is 0 Å². The maximum atomic E-state index is 13.8. The number of hydrogen-bond acceptors (Lipinski definition) is 4. The second-order valence-electron chi connectivity index (χ2n) is 8.78. The summed E-state index contributed by atoms with van der Waals surface area (Å²) in [5.41, 5.74) is 1.20. The highest BCUT2D eigenvalue weighted by Crippen LogP contribution is 2.42. The maximum Gasteiger partial charge on any atom is 0.410 e. The van der Waals surface area contributed by atoms with E-state index in [1.54, 1.807) is 29.3 Å². The molecule has 31 heavy (non-hydrogen) atoms. The topological polar surface area (TPSA) is 63.1 Å². The molecule has 4 rings (SSSR count). The minimum atomic E-state index is -4.38. The van der Waals surface area contributed by atoms with Crippen LogP contribution in [0.25, 0.3) is 0 Å². The van der Waals surface area contributed by atoms with Crippen molar-refractivity contribution in [3.8, 4) is 0 Å². The quantitative estimate of drug-likeness (QED) is 0.767. The zero-order valence-electron chi connectivity index (χ0n) is 17.8. The van der Waals surface area contributed by atoms with Gasteiger partial charge in [0.05, 0.1) is 18.2 Å². The number of nitrogens with one attached hydrogen (secondary N) is 1. The third-order valence-corrected chi connectivity index (χ3v) is 6.27. The Balaban J connectivity index is 1.61. The Hall–Kier alpha value is -2.58. The number of anilines is 1. The molecule has 1 fully saturated rings. The number of fused-ring (bicyclic) bond motifs is 1. The maximum absolute atomic E-state index is 13.8. The van der Waals surface area contributed by atoms with Gasteiger partial charge in [0.2, 0.25) is 5.91 Å². The molecule has 0 aliphatic carbocycles. The van der Waals surface area contributed by atoms with Crippen LogP contribution in [0.1, 0.15) is 63.0 Å². The molecule has 0 spiro atoms. The largest absolute Gasteiger partial charge is 0.410 e. The lowest BCUT2D eigenvalue weighted by Crippen LogP contribution is -2.41. The average molecular weight is 435 g/mol. The fraction of sp³-hybridized carbons (Fsp3) is 0.591. The summed E-state index contributed by atoms with van der Waals surface area (Å²) in [4.78, 5) is 19.0. The average Bonchev–Trinajstić information content (AvgIpc) is 3.17. The molecule has 2 aliphatic rings. The fourth-order valence-electron chi connectivity index (χ4n) is 4.52. The molecule has 0 aromatic carbocycles. The molecule has 1 saturated heterocycles. The zero-order chi connectivity index (χ0) is 22.2. The van der Waals surface area contributed by atoms with Crippen molar-refractivity contribution in [3.05, 3.63) is 41.9 Å². The third-order valence-electron chi connectivity index (χ3n) is 6.27. The molecule has 2 aromatic heterocycles. The van der Waals surface area contributed by atoms with Crippen LogP contribution in [-0.2, 0) is 11.2 Å². The summed E-state index contributed by atoms with van der Waals surface area (Å²) in [6.45, 7) is 4.40. The lowest BCUT2D eigenvalue weighted by molar-refractivity contribution is -0.174. The first-order valence-electron chi connectivity index (χ1n) is 10.9. The predicted molar refractivity (Wildman–Crippen MR) is 110 cm³/mol. The number of likely N-dealkylation sites (tertiary alicyclic amines) is 1. The highest BCUT2D eigenvalue weighted by atomic mass is 19.4. The number of halogens is 3. The van der Waals surface area contributed by atoms with Crippen molar-refractivity contribution in [1.82, 2.24) is 19.7 Å². The summed E-state index contributed by atoms with van der Waals surface area (Å²) >= 11 is 0. The summed E-state index contributed by atoms with van der Waals surface area (Å²) < 4.78 is 42.5. The first kappa shape index (κ1) is 21.6. The van der Waals surface area contributed by atoms with E-state index < -0.39 is 12.2 Å². The van der Waals surface area contributed by atoms with Crippen LogP contribution in [0.2, 0.25) is 0 Å². The van der Waals surface area contributed by atoms with Gasteiger partial charge in [0.15, 0.2) is 6.04 Å². The lowest BCUT2D eigenvalue weighted by atomic mass is 9.94. The number of carbonyl (C=O) groups excluding carboxylic acids is 1. The second kappa shape index (κ2) is 8.51. The number of rotatable bonds is 4. The number of alkyl halides is 3. The van der Waals surface area contributed by atoms with Gasteiger partial charge in [-0.25, -0.2) is 4.68 Å². The molecule has 168 valence electrons. The van der Waals surface area contributed by atoms with E-state index in [4.69, 9.17) is 0 Å². The summed E-state index contributed by atoms with van der Waals surface area (Å²) in [6.07, 6.45) is -0.148. The molecule has 6 nitrogen and oxygen atoms in total. The van der Waals surface area contributed by atoms with Crippen LogP contribution in [0.5, 0.6) is 0 Å². The van der Waals surface area contributed by atoms with Crippen LogP contribution in [0.15, 0.2) is 30.5 Å². The normalized spacial score (nSPS) is 24.1. The number of hydrogen-bond donors (Lipinski definition) is 1. The molecule has 3 atom stereocenters. The van der Waals surface area contributed by atoms with Gasteiger partial charge in [0.1, 0.15) is 5.82 Å². The molecule has 1 N–H and O–H groups in total. The molecule has 0 radical (unpaired) electrons. The Bertz CT molecular complexity index is 912. The van der Waals surface area contributed by atoms with Crippen LogP contribution < -0.4 is 5.32 Å². The first-order chi connectivity index (χ1) is 14.7. The summed E-state index contributed by atoms with van der Waals surface area (Å²) in [7, 11) is 0. The number of nitrogens with zero attached hydrogens (tertiary/aromatic N) is 4. The SMILES string of the molecule is CC(C)[C@@H]1C[C@H](C(F)(F)F)n2nc([C@@H]3CCCCN3C(=O)Cc3ccccn3)cc2N1. The number of pyridine rings is 1. The van der Waals surface area contributed by atoms with Crippen molar-refractivity contribution in [1.29, 1.82) is 0 Å². The fourth-order valence-corrected chi connectivity index (χ4v) is 4.52. The van der Waals surface area contributed by atoms with Crippen LogP contribution >= 0.6 is 0 Å². The van der Waals surface area contributed by atoms with Gasteiger partial charge in [-0.05, 0) is 43.7 Å². The van der Waals surface area contributed by atoms with Crippen molar-refractivity contribution in [2.75, 3.05) is 11.9 Å². The minimum Gasteiger partial charge on any atom is -0.367 e. The molecule has 0 unspecified atom stereocenters. The standard InChI is InChI=1S/C22H28F3N5O/c1-14(2)16-12-19(22(23,24)25)30-20(27-16)13-17(28-30)18-8-4-6-10-29(18)21(31)11-15-7-3-5-9-26-15/h3,5,7,9,13-14,16,18-19,27H,4,6,8,10-12H2,1-2H3/t16-,18-,19+/m0/s1. The monoisotopic (exact) mass is 435 g/mol. The van der Waals surface area contributed by atoms with Gasteiger partial charge in [-0.15, -0.1) is 0 Å². The molecule has 0 bridgehead atoms. The Morgan fingerprint density at radius 1 is 1.29 bits per heavy atom. The predicted octanol–water partition coefficient (Wildman–Crippen LogP) is 4.52. The summed E-state index contributed by atoms with van der Waals surface area (Å²) in [5.74, 6) is 0.364. The van der Waals surface area contributed by atoms with E-state index in [0.29, 0.717) is 30.2 Å².